The molecule has 3 aromatic heterocycles. The molecule has 6 aliphatic heterocycles. The topological polar surface area (TPSA) is 156 Å². The Morgan fingerprint density at radius 2 is 1.86 bits per heavy atom. The number of ether oxygens (including phenoxy) is 4. The van der Waals surface area contributed by atoms with Crippen LogP contribution in [0.4, 0.5) is 0 Å². The average Bonchev–Trinajstić information content (AvgIpc) is 3.95. The first-order chi connectivity index (χ1) is 33.7. The van der Waals surface area contributed by atoms with E-state index in [1.165, 1.54) is 11.3 Å². The number of benzene rings is 1. The Balaban J connectivity index is 1.12. The second kappa shape index (κ2) is 20.0. The van der Waals surface area contributed by atoms with Crippen molar-refractivity contribution in [2.45, 2.75) is 110 Å². The van der Waals surface area contributed by atoms with Gasteiger partial charge >= 0.3 is 5.97 Å². The number of methoxy groups -OCH3 is 1. The van der Waals surface area contributed by atoms with Gasteiger partial charge < -0.3 is 33.7 Å². The van der Waals surface area contributed by atoms with Crippen molar-refractivity contribution < 1.29 is 33.3 Å². The lowest BCUT2D eigenvalue weighted by Gasteiger charge is -2.53. The first kappa shape index (κ1) is 48.8. The molecule has 11 rings (SSSR count). The van der Waals surface area contributed by atoms with Gasteiger partial charge in [0.25, 0.3) is 5.91 Å². The van der Waals surface area contributed by atoms with E-state index in [9.17, 15) is 9.59 Å². The van der Waals surface area contributed by atoms with Crippen LogP contribution in [0.1, 0.15) is 88.4 Å². The highest BCUT2D eigenvalue weighted by Crippen LogP contribution is 2.44. The Morgan fingerprint density at radius 3 is 2.56 bits per heavy atom. The van der Waals surface area contributed by atoms with Crippen molar-refractivity contribution in [2.24, 2.45) is 17.3 Å². The van der Waals surface area contributed by atoms with E-state index in [4.69, 9.17) is 28.9 Å². The van der Waals surface area contributed by atoms with E-state index in [2.05, 4.69) is 106 Å². The first-order valence-corrected chi connectivity index (χ1v) is 26.2. The first-order valence-electron chi connectivity index (χ1n) is 25.3. The summed E-state index contributed by atoms with van der Waals surface area (Å²) in [4.78, 5) is 61.1. The third-order valence-electron chi connectivity index (χ3n) is 15.6. The van der Waals surface area contributed by atoms with E-state index < -0.39 is 35.6 Å². The number of nitrogens with zero attached hydrogens (tertiary/aromatic N) is 7. The van der Waals surface area contributed by atoms with Gasteiger partial charge in [-0.1, -0.05) is 38.7 Å². The Labute approximate surface area is 415 Å². The molecule has 0 spiro atoms. The zero-order valence-corrected chi connectivity index (χ0v) is 42.8. The van der Waals surface area contributed by atoms with Crippen molar-refractivity contribution in [1.29, 1.82) is 0 Å². The van der Waals surface area contributed by atoms with E-state index >= 15 is 4.79 Å². The van der Waals surface area contributed by atoms with Crippen molar-refractivity contribution in [3.8, 4) is 34.4 Å². The van der Waals surface area contributed by atoms with Gasteiger partial charge in [-0.25, -0.2) is 10.4 Å². The quantitative estimate of drug-likeness (QED) is 0.179. The number of carbonyl (C=O) groups excluding carboxylic acids is 3. The molecule has 0 radical (unpaired) electrons. The van der Waals surface area contributed by atoms with Crippen LogP contribution in [-0.2, 0) is 46.3 Å². The minimum atomic E-state index is -1.04. The monoisotopic (exact) mass is 976 g/mol. The molecular weight excluding hydrogens is 907 g/mol. The fraction of sp³-hybridized carbons (Fsp3) is 0.604. The molecule has 8 bridgehead atoms. The number of aromatic nitrogens is 3. The van der Waals surface area contributed by atoms with Crippen LogP contribution in [0.15, 0.2) is 35.8 Å². The normalized spacial score (nSPS) is 28.4. The molecule has 5 saturated heterocycles. The Morgan fingerprint density at radius 1 is 1.09 bits per heavy atom. The highest BCUT2D eigenvalue weighted by Gasteiger charge is 2.53. The Kier molecular flexibility index (Phi) is 14.0. The van der Waals surface area contributed by atoms with Crippen molar-refractivity contribution in [3.63, 3.8) is 0 Å². The number of cyclic esters (lactones) is 1. The van der Waals surface area contributed by atoms with Gasteiger partial charge in [0.15, 0.2) is 0 Å². The molecule has 16 nitrogen and oxygen atoms in total. The molecule has 374 valence electrons. The van der Waals surface area contributed by atoms with Gasteiger partial charge in [0, 0.05) is 109 Å². The van der Waals surface area contributed by atoms with Gasteiger partial charge in [-0.05, 0) is 76.8 Å². The molecule has 7 atom stereocenters. The summed E-state index contributed by atoms with van der Waals surface area (Å²) < 4.78 is 26.3. The Hall–Kier alpha value is -4.77. The third-order valence-corrected chi connectivity index (χ3v) is 16.5. The maximum atomic E-state index is 15.2. The smallest absolute Gasteiger partial charge is 0.325 e. The number of hydrogen-bond acceptors (Lipinski definition) is 14. The van der Waals surface area contributed by atoms with Gasteiger partial charge in [0.2, 0.25) is 5.91 Å². The van der Waals surface area contributed by atoms with E-state index in [1.54, 1.807) is 12.1 Å². The van der Waals surface area contributed by atoms with Crippen LogP contribution in [0.5, 0.6) is 0 Å². The molecule has 17 heteroatoms. The fourth-order valence-corrected chi connectivity index (χ4v) is 12.2. The molecule has 2 amide bonds. The number of thiazole rings is 1. The number of piperazine rings is 1. The van der Waals surface area contributed by atoms with Crippen molar-refractivity contribution >= 4 is 40.0 Å². The molecule has 4 aromatic rings. The number of rotatable bonds is 8. The molecule has 1 saturated carbocycles. The zero-order chi connectivity index (χ0) is 49.0. The number of aryl methyl sites for hydroxylation is 1. The minimum Gasteiger partial charge on any atom is -0.464 e. The highest BCUT2D eigenvalue weighted by atomic mass is 32.1. The summed E-state index contributed by atoms with van der Waals surface area (Å²) in [5.74, 6) is 6.05. The number of amides is 2. The summed E-state index contributed by atoms with van der Waals surface area (Å²) in [5, 5.41) is 8.61. The van der Waals surface area contributed by atoms with Crippen LogP contribution in [0.3, 0.4) is 0 Å². The van der Waals surface area contributed by atoms with Crippen LogP contribution in [0.25, 0.3) is 33.4 Å². The minimum absolute atomic E-state index is 0.0133. The zero-order valence-electron chi connectivity index (χ0n) is 42.0. The second-order valence-electron chi connectivity index (χ2n) is 21.2. The summed E-state index contributed by atoms with van der Waals surface area (Å²) >= 11 is 1.49. The largest absolute Gasteiger partial charge is 0.464 e. The SMILES string of the molecule is CCn1c(-c2cc(C#C[C@H](C)N3CCN(C)CC3)cnc2[C@H](C)OC)c2c3cc(ccc31)-c1csc(n1)C(N1CCOCC1)[C@H](NC(=O)[C@H]1OC[C@@H]1C)C(=O)N1N[C@H](C(=O)OCC(C)(C)C2)C2CC1C2. The number of fused-ring (bicyclic) bond motifs is 4. The van der Waals surface area contributed by atoms with Crippen LogP contribution < -0.4 is 10.7 Å². The van der Waals surface area contributed by atoms with Gasteiger partial charge in [0.1, 0.15) is 23.2 Å². The number of hydrazine groups is 1. The maximum Gasteiger partial charge on any atom is 0.325 e. The molecule has 1 aromatic carbocycles. The summed E-state index contributed by atoms with van der Waals surface area (Å²) in [6.07, 6.45) is 2.77. The van der Waals surface area contributed by atoms with Crippen molar-refractivity contribution in [3.05, 3.63) is 57.7 Å². The van der Waals surface area contributed by atoms with Crippen LogP contribution in [0.2, 0.25) is 0 Å². The number of morpholine rings is 1. The van der Waals surface area contributed by atoms with Crippen LogP contribution in [-0.4, -0.2) is 162 Å². The molecule has 1 aliphatic carbocycles. The molecule has 2 N–H and O–H groups in total. The van der Waals surface area contributed by atoms with E-state index in [0.29, 0.717) is 63.7 Å². The van der Waals surface area contributed by atoms with E-state index in [0.717, 1.165) is 76.4 Å². The Bertz CT molecular complexity index is 2670. The number of carbonyl (C=O) groups is 3. The molecule has 7 aliphatic rings. The lowest BCUT2D eigenvalue weighted by molar-refractivity contribution is -0.174. The predicted octanol–water partition coefficient (Wildman–Crippen LogP) is 5.05. The van der Waals surface area contributed by atoms with Crippen LogP contribution >= 0.6 is 11.3 Å². The number of esters is 1. The standard InChI is InChI=1S/C53H69N9O7S/c1-9-61-42-13-12-35-25-38(42)40(46(61)39-22-34(27-54-43(39)33(4)66-8)11-10-32(3)59-16-14-58(7)15-17-59)26-53(5,6)30-69-52(65)44-36-23-37(24-36)62(57-44)51(64)45(56-49(63)48-31(2)28-68-48)47(50-55-41(35)29-70-50)60-18-20-67-21-19-60/h12-13,22,25,27,29,31-33,36-37,44-45,47-48,57H,9,14-21,23-24,26,28,30H2,1-8H3,(H,56,63)/t31-,32-,33-,36?,37?,44-,45-,47?,48-/m0/s1. The second-order valence-corrected chi connectivity index (χ2v) is 22.0. The number of hydrogen-bond donors (Lipinski definition) is 2. The van der Waals surface area contributed by atoms with E-state index in [1.807, 2.05) is 20.0 Å². The summed E-state index contributed by atoms with van der Waals surface area (Å²) in [5.41, 5.74) is 10.3. The van der Waals surface area contributed by atoms with Gasteiger partial charge in [-0.15, -0.1) is 11.3 Å². The van der Waals surface area contributed by atoms with Gasteiger partial charge in [-0.3, -0.25) is 34.2 Å². The number of likely N-dealkylation sites (N-methyl/N-ethyl adjacent to an activating group) is 1. The third kappa shape index (κ3) is 9.42. The molecule has 9 heterocycles. The summed E-state index contributed by atoms with van der Waals surface area (Å²) in [7, 11) is 3.88. The predicted molar refractivity (Wildman–Crippen MR) is 267 cm³/mol. The summed E-state index contributed by atoms with van der Waals surface area (Å²) in [6, 6.07) is 6.28. The van der Waals surface area contributed by atoms with Gasteiger partial charge in [-0.2, -0.15) is 0 Å². The van der Waals surface area contributed by atoms with Crippen molar-refractivity contribution in [2.75, 3.05) is 79.9 Å². The number of pyridine rings is 1. The van der Waals surface area contributed by atoms with Crippen molar-refractivity contribution in [1.82, 2.24) is 45.0 Å². The lowest BCUT2D eigenvalue weighted by Crippen LogP contribution is -2.72. The van der Waals surface area contributed by atoms with Crippen LogP contribution in [0, 0.1) is 29.1 Å². The molecule has 6 fully saturated rings. The number of nitrogens with one attached hydrogen (secondary N) is 2. The highest BCUT2D eigenvalue weighted by molar-refractivity contribution is 7.10. The molecule has 70 heavy (non-hydrogen) atoms. The van der Waals surface area contributed by atoms with Gasteiger partial charge in [0.05, 0.1) is 61.7 Å². The summed E-state index contributed by atoms with van der Waals surface area (Å²) in [6.45, 7) is 20.0. The molecular formula is C53H69N9O7S. The lowest BCUT2D eigenvalue weighted by atomic mass is 9.73. The average molecular weight is 976 g/mol. The molecule has 1 unspecified atom stereocenters. The van der Waals surface area contributed by atoms with E-state index in [-0.39, 0.29) is 48.4 Å². The fourth-order valence-electron chi connectivity index (χ4n) is 11.2. The maximum absolute atomic E-state index is 15.2.